The molecule has 1 atom stereocenters. The number of hydrogen-bond acceptors (Lipinski definition) is 4. The Balaban J connectivity index is 2.02. The van der Waals surface area contributed by atoms with Gasteiger partial charge in [-0.15, -0.1) is 0 Å². The summed E-state index contributed by atoms with van der Waals surface area (Å²) >= 11 is 0. The zero-order chi connectivity index (χ0) is 23.3. The van der Waals surface area contributed by atoms with Gasteiger partial charge in [0.05, 0.1) is 18.2 Å². The Bertz CT molecular complexity index is 855. The number of anilines is 1. The molecule has 0 saturated heterocycles. The van der Waals surface area contributed by atoms with Crippen molar-refractivity contribution >= 4 is 17.7 Å². The van der Waals surface area contributed by atoms with E-state index in [1.807, 2.05) is 43.3 Å². The highest BCUT2D eigenvalue weighted by Gasteiger charge is 2.17. The van der Waals surface area contributed by atoms with E-state index < -0.39 is 12.1 Å². The third kappa shape index (κ3) is 7.96. The molecule has 1 heterocycles. The number of pyridine rings is 1. The van der Waals surface area contributed by atoms with Crippen molar-refractivity contribution in [2.45, 2.75) is 58.5 Å². The minimum absolute atomic E-state index is 0.108. The number of rotatable bonds is 13. The Morgan fingerprint density at radius 2 is 1.91 bits per heavy atom. The lowest BCUT2D eigenvalue weighted by atomic mass is 10.1. The number of aromatic nitrogens is 1. The highest BCUT2D eigenvalue weighted by atomic mass is 16.5. The van der Waals surface area contributed by atoms with Crippen LogP contribution in [0, 0.1) is 0 Å². The van der Waals surface area contributed by atoms with Crippen LogP contribution in [0.25, 0.3) is 11.3 Å². The third-order valence-corrected chi connectivity index (χ3v) is 5.28. The van der Waals surface area contributed by atoms with E-state index >= 15 is 0 Å². The van der Waals surface area contributed by atoms with Gasteiger partial charge < -0.3 is 15.2 Å². The van der Waals surface area contributed by atoms with Crippen molar-refractivity contribution in [3.63, 3.8) is 0 Å². The maximum Gasteiger partial charge on any atom is 0.321 e. The van der Waals surface area contributed by atoms with Crippen LogP contribution in [0.1, 0.15) is 64.0 Å². The molecule has 0 fully saturated rings. The Hall–Kier alpha value is -2.93. The summed E-state index contributed by atoms with van der Waals surface area (Å²) in [6.45, 7) is 5.12. The molecule has 0 bridgehead atoms. The number of benzene rings is 1. The van der Waals surface area contributed by atoms with E-state index in [1.165, 1.54) is 19.3 Å². The zero-order valence-corrected chi connectivity index (χ0v) is 19.3. The number of hydrogen-bond donors (Lipinski definition) is 2. The molecule has 2 aromatic rings. The molecular formula is C25H35N3O4. The summed E-state index contributed by atoms with van der Waals surface area (Å²) in [6, 6.07) is 11.2. The molecule has 0 aliphatic rings. The number of aliphatic carboxylic acids is 1. The van der Waals surface area contributed by atoms with Crippen molar-refractivity contribution in [1.29, 1.82) is 0 Å². The van der Waals surface area contributed by atoms with Gasteiger partial charge in [-0.1, -0.05) is 50.8 Å². The van der Waals surface area contributed by atoms with Gasteiger partial charge in [0.15, 0.2) is 0 Å². The quantitative estimate of drug-likeness (QED) is 0.405. The highest BCUT2D eigenvalue weighted by Crippen LogP contribution is 2.26. The van der Waals surface area contributed by atoms with Crippen LogP contribution in [0.3, 0.4) is 0 Å². The van der Waals surface area contributed by atoms with Crippen molar-refractivity contribution in [2.24, 2.45) is 0 Å². The fourth-order valence-corrected chi connectivity index (χ4v) is 3.43. The number of unbranched alkanes of at least 4 members (excludes halogenated alkanes) is 4. The lowest BCUT2D eigenvalue weighted by Gasteiger charge is -2.19. The molecule has 1 aromatic heterocycles. The predicted octanol–water partition coefficient (Wildman–Crippen LogP) is 5.42. The fourth-order valence-electron chi connectivity index (χ4n) is 3.43. The van der Waals surface area contributed by atoms with Gasteiger partial charge in [-0.05, 0) is 37.1 Å². The van der Waals surface area contributed by atoms with Crippen molar-refractivity contribution < 1.29 is 19.4 Å². The predicted molar refractivity (Wildman–Crippen MR) is 127 cm³/mol. The molecule has 0 spiro atoms. The van der Waals surface area contributed by atoms with Crippen LogP contribution in [0.5, 0.6) is 0 Å². The number of carboxylic acid groups (broad SMARTS) is 1. The second kappa shape index (κ2) is 13.5. The van der Waals surface area contributed by atoms with Gasteiger partial charge in [0, 0.05) is 37.6 Å². The number of carbonyl (C=O) groups is 2. The van der Waals surface area contributed by atoms with Crippen LogP contribution in [0.2, 0.25) is 0 Å². The second-order valence-corrected chi connectivity index (χ2v) is 7.77. The maximum absolute atomic E-state index is 12.5. The standard InChI is InChI=1S/C25H35N3O4/c1-4-6-7-8-9-15-26-25(31)28(3)21-12-10-11-19(16-21)22-14-13-20(18-27-22)23(32-5-2)17-24(29)30/h10-14,16,18,23H,4-9,15,17H2,1-3H3,(H,26,31)(H,29,30)/t23-/m0/s1. The first-order valence-electron chi connectivity index (χ1n) is 11.4. The second-order valence-electron chi connectivity index (χ2n) is 7.77. The molecule has 0 aliphatic carbocycles. The van der Waals surface area contributed by atoms with E-state index in [-0.39, 0.29) is 12.5 Å². The van der Waals surface area contributed by atoms with E-state index in [2.05, 4.69) is 17.2 Å². The summed E-state index contributed by atoms with van der Waals surface area (Å²) in [4.78, 5) is 29.7. The van der Waals surface area contributed by atoms with Gasteiger partial charge in [-0.2, -0.15) is 0 Å². The average molecular weight is 442 g/mol. The monoisotopic (exact) mass is 441 g/mol. The summed E-state index contributed by atoms with van der Waals surface area (Å²) in [5, 5.41) is 12.1. The average Bonchev–Trinajstić information content (AvgIpc) is 2.80. The highest BCUT2D eigenvalue weighted by molar-refractivity contribution is 5.92. The smallest absolute Gasteiger partial charge is 0.321 e. The Morgan fingerprint density at radius 3 is 2.56 bits per heavy atom. The summed E-state index contributed by atoms with van der Waals surface area (Å²) in [6.07, 6.45) is 6.79. The first kappa shape index (κ1) is 25.3. The Kier molecular flexibility index (Phi) is 10.7. The van der Waals surface area contributed by atoms with E-state index in [1.54, 1.807) is 18.1 Å². The molecule has 7 heteroatoms. The zero-order valence-electron chi connectivity index (χ0n) is 19.3. The SMILES string of the molecule is CCCCCCCNC(=O)N(C)c1cccc(-c2ccc([C@H](CC(=O)O)OCC)cn2)c1. The van der Waals surface area contributed by atoms with Crippen LogP contribution in [0.4, 0.5) is 10.5 Å². The molecule has 2 rings (SSSR count). The Labute approximate surface area is 190 Å². The number of nitrogens with zero attached hydrogens (tertiary/aromatic N) is 2. The fraction of sp³-hybridized carbons (Fsp3) is 0.480. The molecule has 2 amide bonds. The van der Waals surface area contributed by atoms with Crippen LogP contribution in [-0.2, 0) is 9.53 Å². The van der Waals surface area contributed by atoms with E-state index in [0.717, 1.165) is 35.3 Å². The number of carboxylic acids is 1. The van der Waals surface area contributed by atoms with E-state index in [9.17, 15) is 9.59 Å². The van der Waals surface area contributed by atoms with Crippen LogP contribution in [-0.4, -0.2) is 42.3 Å². The minimum atomic E-state index is -0.914. The van der Waals surface area contributed by atoms with Crippen molar-refractivity contribution in [2.75, 3.05) is 25.1 Å². The summed E-state index contributed by atoms with van der Waals surface area (Å²) < 4.78 is 5.55. The lowest BCUT2D eigenvalue weighted by Crippen LogP contribution is -2.37. The number of ether oxygens (including phenoxy) is 1. The van der Waals surface area contributed by atoms with Gasteiger partial charge in [0.1, 0.15) is 0 Å². The van der Waals surface area contributed by atoms with Crippen molar-refractivity contribution in [1.82, 2.24) is 10.3 Å². The van der Waals surface area contributed by atoms with E-state index in [0.29, 0.717) is 13.2 Å². The molecule has 1 aromatic carbocycles. The van der Waals surface area contributed by atoms with Crippen LogP contribution in [0.15, 0.2) is 42.6 Å². The molecule has 0 saturated carbocycles. The number of urea groups is 1. The van der Waals surface area contributed by atoms with E-state index in [4.69, 9.17) is 9.84 Å². The summed E-state index contributed by atoms with van der Waals surface area (Å²) in [5.41, 5.74) is 3.12. The molecule has 32 heavy (non-hydrogen) atoms. The topological polar surface area (TPSA) is 91.8 Å². The molecular weight excluding hydrogens is 406 g/mol. The molecule has 2 N–H and O–H groups in total. The normalized spacial score (nSPS) is 11.7. The van der Waals surface area contributed by atoms with Gasteiger partial charge in [-0.25, -0.2) is 4.79 Å². The van der Waals surface area contributed by atoms with Crippen LogP contribution < -0.4 is 10.2 Å². The van der Waals surface area contributed by atoms with Crippen molar-refractivity contribution in [3.05, 3.63) is 48.2 Å². The van der Waals surface area contributed by atoms with Gasteiger partial charge in [-0.3, -0.25) is 14.7 Å². The third-order valence-electron chi connectivity index (χ3n) is 5.28. The van der Waals surface area contributed by atoms with Gasteiger partial charge in [0.2, 0.25) is 0 Å². The van der Waals surface area contributed by atoms with Gasteiger partial charge >= 0.3 is 12.0 Å². The summed E-state index contributed by atoms with van der Waals surface area (Å²) in [7, 11) is 1.75. The molecule has 0 unspecified atom stereocenters. The largest absolute Gasteiger partial charge is 0.481 e. The first-order valence-corrected chi connectivity index (χ1v) is 11.4. The lowest BCUT2D eigenvalue weighted by molar-refractivity contribution is -0.140. The number of amides is 2. The summed E-state index contributed by atoms with van der Waals surface area (Å²) in [5.74, 6) is -0.914. The maximum atomic E-state index is 12.5. The van der Waals surface area contributed by atoms with Crippen molar-refractivity contribution in [3.8, 4) is 11.3 Å². The minimum Gasteiger partial charge on any atom is -0.481 e. The first-order chi connectivity index (χ1) is 15.5. The molecule has 7 nitrogen and oxygen atoms in total. The molecule has 0 radical (unpaired) electrons. The van der Waals surface area contributed by atoms with Gasteiger partial charge in [0.25, 0.3) is 0 Å². The Morgan fingerprint density at radius 1 is 1.12 bits per heavy atom. The van der Waals surface area contributed by atoms with Crippen LogP contribution >= 0.6 is 0 Å². The molecule has 0 aliphatic heterocycles. The number of nitrogens with one attached hydrogen (secondary N) is 1. The molecule has 174 valence electrons. The number of carbonyl (C=O) groups excluding carboxylic acids is 1.